The van der Waals surface area contributed by atoms with E-state index in [4.69, 9.17) is 9.63 Å². The molecule has 5 nitrogen and oxygen atoms in total. The van der Waals surface area contributed by atoms with Gasteiger partial charge in [-0.1, -0.05) is 11.2 Å². The Hall–Kier alpha value is -2.30. The van der Waals surface area contributed by atoms with E-state index in [1.165, 1.54) is 17.2 Å². The van der Waals surface area contributed by atoms with Crippen LogP contribution in [0.4, 0.5) is 5.69 Å². The van der Waals surface area contributed by atoms with Crippen LogP contribution in [0.25, 0.3) is 0 Å². The van der Waals surface area contributed by atoms with Crippen molar-refractivity contribution in [1.29, 1.82) is 0 Å². The molecule has 0 amide bonds. The number of carboxylic acids is 1. The van der Waals surface area contributed by atoms with Crippen molar-refractivity contribution < 1.29 is 14.4 Å². The molecule has 0 unspecified atom stereocenters. The first kappa shape index (κ1) is 13.1. The van der Waals surface area contributed by atoms with Crippen LogP contribution in [0.3, 0.4) is 0 Å². The van der Waals surface area contributed by atoms with E-state index in [1.807, 2.05) is 25.8 Å². The summed E-state index contributed by atoms with van der Waals surface area (Å²) in [5.74, 6) is -0.553. The number of aromatic carboxylic acids is 1. The summed E-state index contributed by atoms with van der Waals surface area (Å²) in [7, 11) is 1.93. The van der Waals surface area contributed by atoms with Crippen LogP contribution in [0.1, 0.15) is 27.4 Å². The number of nitrogens with zero attached hydrogens (tertiary/aromatic N) is 2. The van der Waals surface area contributed by atoms with E-state index < -0.39 is 5.97 Å². The van der Waals surface area contributed by atoms with Crippen molar-refractivity contribution in [2.45, 2.75) is 20.4 Å². The van der Waals surface area contributed by atoms with Gasteiger partial charge >= 0.3 is 5.97 Å². The molecule has 0 saturated carbocycles. The highest BCUT2D eigenvalue weighted by molar-refractivity contribution is 5.85. The lowest BCUT2D eigenvalue weighted by molar-refractivity contribution is 0.0685. The minimum Gasteiger partial charge on any atom is -0.476 e. The molecule has 0 atom stereocenters. The number of rotatable bonds is 4. The summed E-state index contributed by atoms with van der Waals surface area (Å²) in [6.45, 7) is 4.56. The van der Waals surface area contributed by atoms with Gasteiger partial charge in [0.15, 0.2) is 11.5 Å². The lowest BCUT2D eigenvalue weighted by Crippen LogP contribution is -2.16. The second kappa shape index (κ2) is 5.14. The van der Waals surface area contributed by atoms with E-state index in [9.17, 15) is 4.79 Å². The Morgan fingerprint density at radius 1 is 1.26 bits per heavy atom. The van der Waals surface area contributed by atoms with Crippen molar-refractivity contribution >= 4 is 11.7 Å². The third kappa shape index (κ3) is 3.13. The van der Waals surface area contributed by atoms with Crippen LogP contribution in [0.5, 0.6) is 0 Å². The molecule has 1 heterocycles. The number of anilines is 1. The van der Waals surface area contributed by atoms with E-state index in [0.717, 1.165) is 5.69 Å². The Morgan fingerprint density at radius 2 is 1.89 bits per heavy atom. The lowest BCUT2D eigenvalue weighted by atomic mass is 10.1. The maximum Gasteiger partial charge on any atom is 0.358 e. The first-order valence-corrected chi connectivity index (χ1v) is 5.94. The molecule has 0 radical (unpaired) electrons. The van der Waals surface area contributed by atoms with Gasteiger partial charge in [-0.3, -0.25) is 0 Å². The van der Waals surface area contributed by atoms with Crippen LogP contribution in [0, 0.1) is 13.8 Å². The molecular formula is C14H16N2O3. The SMILES string of the molecule is Cc1cc(C)cc(N(C)Cc2cc(C(=O)O)no2)c1. The van der Waals surface area contributed by atoms with E-state index >= 15 is 0 Å². The molecule has 0 saturated heterocycles. The average molecular weight is 260 g/mol. The molecule has 1 N–H and O–H groups in total. The molecule has 2 aromatic rings. The standard InChI is InChI=1S/C14H16N2O3/c1-9-4-10(2)6-11(5-9)16(3)8-12-7-13(14(17)18)15-19-12/h4-7H,8H2,1-3H3,(H,17,18). The largest absolute Gasteiger partial charge is 0.476 e. The fourth-order valence-corrected chi connectivity index (χ4v) is 1.98. The topological polar surface area (TPSA) is 66.6 Å². The van der Waals surface area contributed by atoms with Gasteiger partial charge < -0.3 is 14.5 Å². The number of hydrogen-bond acceptors (Lipinski definition) is 4. The highest BCUT2D eigenvalue weighted by Gasteiger charge is 2.12. The predicted octanol–water partition coefficient (Wildman–Crippen LogP) is 2.63. The summed E-state index contributed by atoms with van der Waals surface area (Å²) in [6.07, 6.45) is 0. The van der Waals surface area contributed by atoms with Crippen molar-refractivity contribution in [3.05, 3.63) is 46.8 Å². The second-order valence-corrected chi connectivity index (χ2v) is 4.69. The molecular weight excluding hydrogens is 244 g/mol. The summed E-state index contributed by atoms with van der Waals surface area (Å²) in [4.78, 5) is 12.7. The second-order valence-electron chi connectivity index (χ2n) is 4.69. The molecule has 0 aliphatic rings. The van der Waals surface area contributed by atoms with E-state index in [1.54, 1.807) is 0 Å². The van der Waals surface area contributed by atoms with Crippen molar-refractivity contribution in [3.8, 4) is 0 Å². The number of hydrogen-bond donors (Lipinski definition) is 1. The molecule has 2 rings (SSSR count). The molecule has 0 fully saturated rings. The predicted molar refractivity (Wildman–Crippen MR) is 71.5 cm³/mol. The highest BCUT2D eigenvalue weighted by Crippen LogP contribution is 2.19. The third-order valence-corrected chi connectivity index (χ3v) is 2.82. The van der Waals surface area contributed by atoms with Crippen LogP contribution >= 0.6 is 0 Å². The highest BCUT2D eigenvalue weighted by atomic mass is 16.5. The van der Waals surface area contributed by atoms with Crippen molar-refractivity contribution in [2.75, 3.05) is 11.9 Å². The Labute approximate surface area is 111 Å². The summed E-state index contributed by atoms with van der Waals surface area (Å²) in [6, 6.07) is 7.69. The minimum atomic E-state index is -1.08. The number of aryl methyl sites for hydroxylation is 2. The maximum atomic E-state index is 10.7. The van der Waals surface area contributed by atoms with Crippen LogP contribution in [-0.2, 0) is 6.54 Å². The van der Waals surface area contributed by atoms with Gasteiger partial charge in [0.25, 0.3) is 0 Å². The van der Waals surface area contributed by atoms with Gasteiger partial charge in [-0.15, -0.1) is 0 Å². The normalized spacial score (nSPS) is 10.5. The zero-order valence-corrected chi connectivity index (χ0v) is 11.2. The Kier molecular flexibility index (Phi) is 3.55. The molecule has 0 bridgehead atoms. The molecule has 0 spiro atoms. The summed E-state index contributed by atoms with van der Waals surface area (Å²) in [5, 5.41) is 12.3. The van der Waals surface area contributed by atoms with Crippen molar-refractivity contribution in [3.63, 3.8) is 0 Å². The van der Waals surface area contributed by atoms with E-state index in [-0.39, 0.29) is 5.69 Å². The van der Waals surface area contributed by atoms with Gasteiger partial charge in [0.2, 0.25) is 0 Å². The van der Waals surface area contributed by atoms with Crippen LogP contribution in [-0.4, -0.2) is 23.3 Å². The number of benzene rings is 1. The smallest absolute Gasteiger partial charge is 0.358 e. The van der Waals surface area contributed by atoms with E-state index in [2.05, 4.69) is 23.4 Å². The van der Waals surface area contributed by atoms with Gasteiger partial charge in [-0.05, 0) is 37.1 Å². The molecule has 100 valence electrons. The molecule has 1 aromatic heterocycles. The zero-order chi connectivity index (χ0) is 14.0. The fourth-order valence-electron chi connectivity index (χ4n) is 1.98. The molecule has 5 heteroatoms. The Morgan fingerprint density at radius 3 is 2.42 bits per heavy atom. The average Bonchev–Trinajstić information content (AvgIpc) is 2.76. The van der Waals surface area contributed by atoms with Gasteiger partial charge in [0, 0.05) is 18.8 Å². The summed E-state index contributed by atoms with van der Waals surface area (Å²) in [5.41, 5.74) is 3.37. The summed E-state index contributed by atoms with van der Waals surface area (Å²) < 4.78 is 5.01. The Bertz CT molecular complexity index is 584. The molecule has 1 aromatic carbocycles. The van der Waals surface area contributed by atoms with Gasteiger partial charge in [-0.25, -0.2) is 4.79 Å². The third-order valence-electron chi connectivity index (χ3n) is 2.82. The van der Waals surface area contributed by atoms with Crippen LogP contribution in [0.15, 0.2) is 28.8 Å². The summed E-state index contributed by atoms with van der Waals surface area (Å²) >= 11 is 0. The van der Waals surface area contributed by atoms with Crippen LogP contribution < -0.4 is 4.90 Å². The molecule has 0 aliphatic heterocycles. The van der Waals surface area contributed by atoms with Crippen molar-refractivity contribution in [2.24, 2.45) is 0 Å². The number of carbonyl (C=O) groups is 1. The van der Waals surface area contributed by atoms with Gasteiger partial charge in [0.1, 0.15) is 0 Å². The fraction of sp³-hybridized carbons (Fsp3) is 0.286. The zero-order valence-electron chi connectivity index (χ0n) is 11.2. The van der Waals surface area contributed by atoms with E-state index in [0.29, 0.717) is 12.3 Å². The maximum absolute atomic E-state index is 10.7. The van der Waals surface area contributed by atoms with Gasteiger partial charge in [0.05, 0.1) is 6.54 Å². The monoisotopic (exact) mass is 260 g/mol. The quantitative estimate of drug-likeness (QED) is 0.915. The lowest BCUT2D eigenvalue weighted by Gasteiger charge is -2.18. The van der Waals surface area contributed by atoms with Gasteiger partial charge in [-0.2, -0.15) is 0 Å². The first-order valence-electron chi connectivity index (χ1n) is 5.94. The first-order chi connectivity index (χ1) is 8.95. The number of carboxylic acid groups (broad SMARTS) is 1. The number of aromatic nitrogens is 1. The van der Waals surface area contributed by atoms with Crippen molar-refractivity contribution in [1.82, 2.24) is 5.16 Å². The van der Waals surface area contributed by atoms with Crippen LogP contribution in [0.2, 0.25) is 0 Å². The molecule has 19 heavy (non-hydrogen) atoms. The Balaban J connectivity index is 2.15. The minimum absolute atomic E-state index is 0.0659. The molecule has 0 aliphatic carbocycles.